The van der Waals surface area contributed by atoms with Crippen LogP contribution in [0.4, 0.5) is 0 Å². The van der Waals surface area contributed by atoms with Gasteiger partial charge >= 0.3 is 0 Å². The summed E-state index contributed by atoms with van der Waals surface area (Å²) in [5.41, 5.74) is 0. The van der Waals surface area contributed by atoms with Crippen molar-refractivity contribution in [3.8, 4) is 10.7 Å². The summed E-state index contributed by atoms with van der Waals surface area (Å²) in [6, 6.07) is 3.75. The minimum absolute atomic E-state index is 0.0124. The van der Waals surface area contributed by atoms with E-state index in [0.717, 1.165) is 4.88 Å². The third-order valence-electron chi connectivity index (χ3n) is 1.28. The van der Waals surface area contributed by atoms with Gasteiger partial charge in [0.1, 0.15) is 0 Å². The molecule has 0 radical (unpaired) electrons. The Morgan fingerprint density at radius 3 is 3.08 bits per heavy atom. The number of nitrogens with zero attached hydrogens (tertiary/aromatic N) is 2. The Balaban J connectivity index is 2.41. The maximum Gasteiger partial charge on any atom is 0.291 e. The van der Waals surface area contributed by atoms with Gasteiger partial charge in [-0.3, -0.25) is 4.79 Å². The predicted octanol–water partition coefficient (Wildman–Crippen LogP) is 1.61. The third kappa shape index (κ3) is 1.14. The van der Waals surface area contributed by atoms with Crippen molar-refractivity contribution in [1.29, 1.82) is 0 Å². The molecule has 4 nitrogen and oxygen atoms in total. The summed E-state index contributed by atoms with van der Waals surface area (Å²) in [5.74, 6) is 0.477. The SMILES string of the molecule is O=Cc1nc(-c2cccs2)no1. The van der Waals surface area contributed by atoms with Crippen molar-refractivity contribution in [3.63, 3.8) is 0 Å². The highest BCUT2D eigenvalue weighted by atomic mass is 32.1. The number of hydrogen-bond acceptors (Lipinski definition) is 5. The zero-order valence-corrected chi connectivity index (χ0v) is 6.75. The van der Waals surface area contributed by atoms with Crippen molar-refractivity contribution < 1.29 is 9.32 Å². The van der Waals surface area contributed by atoms with E-state index in [1.807, 2.05) is 17.5 Å². The smallest absolute Gasteiger partial charge is 0.291 e. The monoisotopic (exact) mass is 180 g/mol. The highest BCUT2D eigenvalue weighted by Crippen LogP contribution is 2.20. The van der Waals surface area contributed by atoms with Gasteiger partial charge in [-0.2, -0.15) is 4.98 Å². The van der Waals surface area contributed by atoms with Crippen molar-refractivity contribution in [2.45, 2.75) is 0 Å². The van der Waals surface area contributed by atoms with Crippen LogP contribution < -0.4 is 0 Å². The first-order valence-corrected chi connectivity index (χ1v) is 4.11. The fourth-order valence-electron chi connectivity index (χ4n) is 0.789. The number of carbonyl (C=O) groups excluding carboxylic acids is 1. The molecule has 2 heterocycles. The van der Waals surface area contributed by atoms with Gasteiger partial charge in [0.05, 0.1) is 4.88 Å². The van der Waals surface area contributed by atoms with Gasteiger partial charge in [0.25, 0.3) is 5.89 Å². The second kappa shape index (κ2) is 2.86. The molecule has 0 aliphatic carbocycles. The van der Waals surface area contributed by atoms with Crippen molar-refractivity contribution in [1.82, 2.24) is 10.1 Å². The van der Waals surface area contributed by atoms with E-state index in [-0.39, 0.29) is 5.89 Å². The van der Waals surface area contributed by atoms with Crippen LogP contribution in [0.25, 0.3) is 10.7 Å². The average Bonchev–Trinajstić information content (AvgIpc) is 2.75. The lowest BCUT2D eigenvalue weighted by molar-refractivity contribution is 0.108. The first kappa shape index (κ1) is 7.17. The van der Waals surface area contributed by atoms with Crippen LogP contribution in [-0.4, -0.2) is 16.4 Å². The molecule has 0 aliphatic rings. The Morgan fingerprint density at radius 2 is 2.50 bits per heavy atom. The number of aldehydes is 1. The second-order valence-electron chi connectivity index (χ2n) is 2.05. The summed E-state index contributed by atoms with van der Waals surface area (Å²) < 4.78 is 4.62. The summed E-state index contributed by atoms with van der Waals surface area (Å²) in [4.78, 5) is 14.9. The lowest BCUT2D eigenvalue weighted by Crippen LogP contribution is -1.77. The summed E-state index contributed by atoms with van der Waals surface area (Å²) in [6.45, 7) is 0. The second-order valence-corrected chi connectivity index (χ2v) is 3.00. The maximum absolute atomic E-state index is 10.2. The molecule has 0 unspecified atom stereocenters. The molecular weight excluding hydrogens is 176 g/mol. The van der Waals surface area contributed by atoms with Gasteiger partial charge in [-0.25, -0.2) is 0 Å². The molecule has 2 aromatic heterocycles. The molecule has 0 spiro atoms. The highest BCUT2D eigenvalue weighted by Gasteiger charge is 2.07. The van der Waals surface area contributed by atoms with Crippen molar-refractivity contribution in [2.75, 3.05) is 0 Å². The first-order chi connectivity index (χ1) is 5.90. The average molecular weight is 180 g/mol. The van der Waals surface area contributed by atoms with Crippen LogP contribution in [0.15, 0.2) is 22.0 Å². The van der Waals surface area contributed by atoms with Gasteiger partial charge in [0.2, 0.25) is 12.1 Å². The molecule has 2 aromatic rings. The molecule has 0 aromatic carbocycles. The Hall–Kier alpha value is -1.49. The van der Waals surface area contributed by atoms with Gasteiger partial charge in [0.15, 0.2) is 0 Å². The fourth-order valence-corrected chi connectivity index (χ4v) is 1.44. The molecule has 0 aliphatic heterocycles. The molecule has 12 heavy (non-hydrogen) atoms. The summed E-state index contributed by atoms with van der Waals surface area (Å²) in [5, 5.41) is 5.53. The molecular formula is C7H4N2O2S. The maximum atomic E-state index is 10.2. The Labute approximate surface area is 71.8 Å². The predicted molar refractivity (Wildman–Crippen MR) is 43.0 cm³/mol. The van der Waals surface area contributed by atoms with E-state index in [4.69, 9.17) is 0 Å². The van der Waals surface area contributed by atoms with E-state index >= 15 is 0 Å². The van der Waals surface area contributed by atoms with Gasteiger partial charge < -0.3 is 4.52 Å². The summed E-state index contributed by atoms with van der Waals surface area (Å²) >= 11 is 1.50. The molecule has 2 rings (SSSR count). The number of aromatic nitrogens is 2. The molecule has 5 heteroatoms. The largest absolute Gasteiger partial charge is 0.331 e. The quantitative estimate of drug-likeness (QED) is 0.659. The minimum atomic E-state index is 0.0124. The lowest BCUT2D eigenvalue weighted by Gasteiger charge is -1.80. The van der Waals surface area contributed by atoms with E-state index in [0.29, 0.717) is 12.1 Å². The van der Waals surface area contributed by atoms with Gasteiger partial charge in [0, 0.05) is 0 Å². The van der Waals surface area contributed by atoms with Gasteiger partial charge in [-0.15, -0.1) is 11.3 Å². The topological polar surface area (TPSA) is 56.0 Å². The molecule has 0 fully saturated rings. The molecule has 0 bridgehead atoms. The van der Waals surface area contributed by atoms with Crippen LogP contribution in [0.3, 0.4) is 0 Å². The van der Waals surface area contributed by atoms with Crippen LogP contribution in [0, 0.1) is 0 Å². The van der Waals surface area contributed by atoms with Crippen LogP contribution in [0.1, 0.15) is 10.7 Å². The van der Waals surface area contributed by atoms with Gasteiger partial charge in [-0.1, -0.05) is 11.2 Å². The number of thiophene rings is 1. The van der Waals surface area contributed by atoms with Crippen LogP contribution in [-0.2, 0) is 0 Å². The number of carbonyl (C=O) groups is 1. The highest BCUT2D eigenvalue weighted by molar-refractivity contribution is 7.13. The summed E-state index contributed by atoms with van der Waals surface area (Å²) in [6.07, 6.45) is 0.532. The van der Waals surface area contributed by atoms with E-state index < -0.39 is 0 Å². The fraction of sp³-hybridized carbons (Fsp3) is 0. The van der Waals surface area contributed by atoms with E-state index in [1.54, 1.807) is 0 Å². The number of hydrogen-bond donors (Lipinski definition) is 0. The number of rotatable bonds is 2. The lowest BCUT2D eigenvalue weighted by atomic mass is 10.4. The van der Waals surface area contributed by atoms with E-state index in [9.17, 15) is 4.79 Å². The molecule has 60 valence electrons. The van der Waals surface area contributed by atoms with E-state index in [2.05, 4.69) is 14.7 Å². The molecule has 0 saturated heterocycles. The van der Waals surface area contributed by atoms with Crippen LogP contribution in [0.5, 0.6) is 0 Å². The summed E-state index contributed by atoms with van der Waals surface area (Å²) in [7, 11) is 0. The zero-order valence-electron chi connectivity index (χ0n) is 5.93. The normalized spacial score (nSPS) is 10.0. The Bertz CT molecular complexity index is 380. The molecule has 0 atom stereocenters. The van der Waals surface area contributed by atoms with Crippen LogP contribution >= 0.6 is 11.3 Å². The molecule has 0 saturated carbocycles. The molecule has 0 amide bonds. The van der Waals surface area contributed by atoms with Gasteiger partial charge in [-0.05, 0) is 11.4 Å². The van der Waals surface area contributed by atoms with Crippen LogP contribution in [0.2, 0.25) is 0 Å². The Morgan fingerprint density at radius 1 is 1.58 bits per heavy atom. The standard InChI is InChI=1S/C7H4N2O2S/c10-4-6-8-7(9-11-6)5-2-1-3-12-5/h1-4H. The molecule has 0 N–H and O–H groups in total. The van der Waals surface area contributed by atoms with Crippen molar-refractivity contribution >= 4 is 17.6 Å². The minimum Gasteiger partial charge on any atom is -0.331 e. The van der Waals surface area contributed by atoms with E-state index in [1.165, 1.54) is 11.3 Å². The Kier molecular flexibility index (Phi) is 1.71. The zero-order chi connectivity index (χ0) is 8.39. The first-order valence-electron chi connectivity index (χ1n) is 3.23. The van der Waals surface area contributed by atoms with Crippen molar-refractivity contribution in [3.05, 3.63) is 23.4 Å². The third-order valence-corrected chi connectivity index (χ3v) is 2.15. The van der Waals surface area contributed by atoms with Crippen molar-refractivity contribution in [2.24, 2.45) is 0 Å².